The molecule has 0 atom stereocenters. The van der Waals surface area contributed by atoms with Gasteiger partial charge in [0, 0.05) is 4.47 Å². The molecule has 0 unspecified atom stereocenters. The van der Waals surface area contributed by atoms with Gasteiger partial charge in [0.15, 0.2) is 0 Å². The molecule has 3 nitrogen and oxygen atoms in total. The molecule has 0 fully saturated rings. The van der Waals surface area contributed by atoms with Crippen molar-refractivity contribution in [3.63, 3.8) is 0 Å². The van der Waals surface area contributed by atoms with Gasteiger partial charge in [-0.2, -0.15) is 0 Å². The predicted octanol–water partition coefficient (Wildman–Crippen LogP) is 4.07. The van der Waals surface area contributed by atoms with E-state index in [1.807, 2.05) is 0 Å². The summed E-state index contributed by atoms with van der Waals surface area (Å²) < 4.78 is 14.3. The monoisotopic (exact) mass is 359 g/mol. The predicted molar refractivity (Wildman–Crippen MR) is 73.7 cm³/mol. The molecule has 0 aliphatic rings. The summed E-state index contributed by atoms with van der Waals surface area (Å²) in [7, 11) is 0. The summed E-state index contributed by atoms with van der Waals surface area (Å²) in [5.74, 6) is 0.318. The molecule has 0 saturated carbocycles. The van der Waals surface area contributed by atoms with Crippen LogP contribution in [0.25, 0.3) is 0 Å². The van der Waals surface area contributed by atoms with Crippen LogP contribution in [0.1, 0.15) is 0 Å². The van der Waals surface area contributed by atoms with Gasteiger partial charge in [-0.05, 0) is 56.1 Å². The van der Waals surface area contributed by atoms with Crippen LogP contribution in [0.3, 0.4) is 0 Å². The Morgan fingerprint density at radius 1 is 1.18 bits per heavy atom. The van der Waals surface area contributed by atoms with E-state index in [0.717, 1.165) is 10.2 Å². The summed E-state index contributed by atoms with van der Waals surface area (Å²) in [6, 6.07) is 6.13. The van der Waals surface area contributed by atoms with Gasteiger partial charge in [0.1, 0.15) is 11.6 Å². The van der Waals surface area contributed by atoms with E-state index in [-0.39, 0.29) is 5.82 Å². The van der Waals surface area contributed by atoms with E-state index in [1.54, 1.807) is 18.3 Å². The van der Waals surface area contributed by atoms with Crippen LogP contribution in [0, 0.1) is 5.82 Å². The SMILES string of the molecule is Nc1cnc(Nc2ccc(F)cc2Br)c(Br)c1. The molecular weight excluding hydrogens is 353 g/mol. The molecule has 2 aromatic rings. The van der Waals surface area contributed by atoms with Crippen LogP contribution in [0.2, 0.25) is 0 Å². The van der Waals surface area contributed by atoms with Crippen LogP contribution in [0.4, 0.5) is 21.6 Å². The lowest BCUT2D eigenvalue weighted by Crippen LogP contribution is -1.97. The number of benzene rings is 1. The first-order valence-electron chi connectivity index (χ1n) is 4.69. The Bertz CT molecular complexity index is 511. The van der Waals surface area contributed by atoms with Gasteiger partial charge in [-0.15, -0.1) is 0 Å². The van der Waals surface area contributed by atoms with Crippen molar-refractivity contribution in [3.8, 4) is 0 Å². The number of hydrogen-bond donors (Lipinski definition) is 2. The molecule has 0 bridgehead atoms. The van der Waals surface area contributed by atoms with E-state index < -0.39 is 0 Å². The lowest BCUT2D eigenvalue weighted by molar-refractivity contribution is 0.627. The third-order valence-corrected chi connectivity index (χ3v) is 3.31. The van der Waals surface area contributed by atoms with Crippen molar-refractivity contribution in [1.29, 1.82) is 0 Å². The zero-order chi connectivity index (χ0) is 12.4. The molecule has 1 aromatic heterocycles. The molecule has 1 heterocycles. The van der Waals surface area contributed by atoms with E-state index >= 15 is 0 Å². The molecule has 0 aliphatic heterocycles. The van der Waals surface area contributed by atoms with Crippen LogP contribution >= 0.6 is 31.9 Å². The van der Waals surface area contributed by atoms with E-state index in [9.17, 15) is 4.39 Å². The highest BCUT2D eigenvalue weighted by Gasteiger charge is 2.06. The molecule has 0 spiro atoms. The van der Waals surface area contributed by atoms with E-state index in [2.05, 4.69) is 42.2 Å². The highest BCUT2D eigenvalue weighted by Crippen LogP contribution is 2.29. The highest BCUT2D eigenvalue weighted by molar-refractivity contribution is 9.11. The number of aromatic nitrogens is 1. The first kappa shape index (κ1) is 12.3. The minimum absolute atomic E-state index is 0.299. The van der Waals surface area contributed by atoms with Crippen molar-refractivity contribution in [2.75, 3.05) is 11.1 Å². The fraction of sp³-hybridized carbons (Fsp3) is 0. The average Bonchev–Trinajstić information content (AvgIpc) is 2.25. The number of pyridine rings is 1. The lowest BCUT2D eigenvalue weighted by Gasteiger charge is -2.09. The van der Waals surface area contributed by atoms with Crippen LogP contribution < -0.4 is 11.1 Å². The van der Waals surface area contributed by atoms with Crippen LogP contribution in [-0.2, 0) is 0 Å². The summed E-state index contributed by atoms with van der Waals surface area (Å²) in [5, 5.41) is 3.07. The van der Waals surface area contributed by atoms with Crippen molar-refractivity contribution >= 4 is 49.1 Å². The Morgan fingerprint density at radius 3 is 2.59 bits per heavy atom. The smallest absolute Gasteiger partial charge is 0.144 e. The van der Waals surface area contributed by atoms with Gasteiger partial charge >= 0.3 is 0 Å². The molecule has 0 amide bonds. The number of nitrogens with zero attached hydrogens (tertiary/aromatic N) is 1. The second-order valence-electron chi connectivity index (χ2n) is 3.35. The molecule has 17 heavy (non-hydrogen) atoms. The summed E-state index contributed by atoms with van der Waals surface area (Å²) in [4.78, 5) is 4.14. The Hall–Kier alpha value is -1.14. The summed E-state index contributed by atoms with van der Waals surface area (Å²) in [5.41, 5.74) is 6.89. The molecule has 88 valence electrons. The third-order valence-electron chi connectivity index (χ3n) is 2.05. The fourth-order valence-electron chi connectivity index (χ4n) is 1.26. The number of nitrogens with two attached hydrogens (primary N) is 1. The topological polar surface area (TPSA) is 50.9 Å². The first-order valence-corrected chi connectivity index (χ1v) is 6.28. The van der Waals surface area contributed by atoms with Crippen LogP contribution in [0.5, 0.6) is 0 Å². The number of nitrogen functional groups attached to an aromatic ring is 1. The van der Waals surface area contributed by atoms with Crippen LogP contribution in [-0.4, -0.2) is 4.98 Å². The molecular formula is C11H8Br2FN3. The Kier molecular flexibility index (Phi) is 3.63. The molecule has 0 saturated heterocycles. The van der Waals surface area contributed by atoms with Crippen molar-refractivity contribution < 1.29 is 4.39 Å². The average molecular weight is 361 g/mol. The van der Waals surface area contributed by atoms with Gasteiger partial charge in [-0.25, -0.2) is 9.37 Å². The third kappa shape index (κ3) is 2.95. The van der Waals surface area contributed by atoms with Crippen molar-refractivity contribution in [2.24, 2.45) is 0 Å². The standard InChI is InChI=1S/C11H8Br2FN3/c12-8-3-6(14)1-2-10(8)17-11-9(13)4-7(15)5-16-11/h1-5H,15H2,(H,16,17). The van der Waals surface area contributed by atoms with Crippen molar-refractivity contribution in [1.82, 2.24) is 4.98 Å². The van der Waals surface area contributed by atoms with Gasteiger partial charge in [-0.1, -0.05) is 0 Å². The normalized spacial score (nSPS) is 10.3. The lowest BCUT2D eigenvalue weighted by atomic mass is 10.3. The number of halogens is 3. The van der Waals surface area contributed by atoms with Gasteiger partial charge in [0.2, 0.25) is 0 Å². The highest BCUT2D eigenvalue weighted by atomic mass is 79.9. The molecule has 6 heteroatoms. The minimum atomic E-state index is -0.299. The van der Waals surface area contributed by atoms with Gasteiger partial charge < -0.3 is 11.1 Å². The maximum atomic E-state index is 12.9. The van der Waals surface area contributed by atoms with Gasteiger partial charge in [-0.3, -0.25) is 0 Å². The van der Waals surface area contributed by atoms with E-state index in [0.29, 0.717) is 16.0 Å². The number of nitrogens with one attached hydrogen (secondary N) is 1. The quantitative estimate of drug-likeness (QED) is 0.848. The molecule has 0 aliphatic carbocycles. The first-order chi connectivity index (χ1) is 8.06. The number of anilines is 3. The molecule has 0 radical (unpaired) electrons. The zero-order valence-electron chi connectivity index (χ0n) is 8.55. The minimum Gasteiger partial charge on any atom is -0.397 e. The Balaban J connectivity index is 2.31. The molecule has 1 aromatic carbocycles. The number of rotatable bonds is 2. The Labute approximate surface area is 114 Å². The molecule has 2 rings (SSSR count). The summed E-state index contributed by atoms with van der Waals surface area (Å²) in [6.45, 7) is 0. The van der Waals surface area contributed by atoms with Gasteiger partial charge in [0.05, 0.1) is 22.0 Å². The van der Waals surface area contributed by atoms with E-state index in [4.69, 9.17) is 5.73 Å². The van der Waals surface area contributed by atoms with Crippen LogP contribution in [0.15, 0.2) is 39.4 Å². The maximum Gasteiger partial charge on any atom is 0.144 e. The van der Waals surface area contributed by atoms with E-state index in [1.165, 1.54) is 12.1 Å². The fourth-order valence-corrected chi connectivity index (χ4v) is 2.18. The van der Waals surface area contributed by atoms with Crippen molar-refractivity contribution in [2.45, 2.75) is 0 Å². The van der Waals surface area contributed by atoms with Crippen molar-refractivity contribution in [3.05, 3.63) is 45.2 Å². The largest absolute Gasteiger partial charge is 0.397 e. The summed E-state index contributed by atoms with van der Waals surface area (Å²) in [6.07, 6.45) is 1.55. The van der Waals surface area contributed by atoms with Gasteiger partial charge in [0.25, 0.3) is 0 Å². The second kappa shape index (κ2) is 5.01. The Morgan fingerprint density at radius 2 is 1.94 bits per heavy atom. The molecule has 3 N–H and O–H groups in total. The number of hydrogen-bond acceptors (Lipinski definition) is 3. The zero-order valence-corrected chi connectivity index (χ0v) is 11.7. The second-order valence-corrected chi connectivity index (χ2v) is 5.06. The maximum absolute atomic E-state index is 12.9. The summed E-state index contributed by atoms with van der Waals surface area (Å²) >= 11 is 6.62.